The molecule has 0 aliphatic carbocycles. The van der Waals surface area contributed by atoms with E-state index in [1.165, 1.54) is 18.2 Å². The van der Waals surface area contributed by atoms with Gasteiger partial charge in [-0.1, -0.05) is 0 Å². The summed E-state index contributed by atoms with van der Waals surface area (Å²) >= 11 is 0. The number of aryl methyl sites for hydroxylation is 1. The molecule has 2 aromatic carbocycles. The second-order valence-corrected chi connectivity index (χ2v) is 6.06. The number of hydrogen-bond donors (Lipinski definition) is 5. The summed E-state index contributed by atoms with van der Waals surface area (Å²) in [5.41, 5.74) is 2.53. The summed E-state index contributed by atoms with van der Waals surface area (Å²) in [7, 11) is 1.78. The summed E-state index contributed by atoms with van der Waals surface area (Å²) < 4.78 is 41.8. The Labute approximate surface area is 158 Å². The molecule has 1 heterocycles. The molecule has 3 rings (SSSR count). The molecule has 0 aliphatic rings. The van der Waals surface area contributed by atoms with Crippen LogP contribution in [0.5, 0.6) is 0 Å². The minimum Gasteiger partial charge on any atom is -0.355 e. The van der Waals surface area contributed by atoms with Gasteiger partial charge in [-0.25, -0.2) is 23.1 Å². The van der Waals surface area contributed by atoms with E-state index in [1.54, 1.807) is 14.0 Å². The number of H-pyrrole nitrogens is 1. The number of hydrogen-bond acceptors (Lipinski definition) is 5. The fourth-order valence-corrected chi connectivity index (χ4v) is 2.65. The Morgan fingerprint density at radius 2 is 1.96 bits per heavy atom. The lowest BCUT2D eigenvalue weighted by molar-refractivity contribution is 0.235. The van der Waals surface area contributed by atoms with Crippen LogP contribution >= 0.6 is 0 Å². The summed E-state index contributed by atoms with van der Waals surface area (Å²) in [5, 5.41) is 15.4. The van der Waals surface area contributed by atoms with E-state index in [0.717, 1.165) is 6.07 Å². The van der Waals surface area contributed by atoms with E-state index in [-0.39, 0.29) is 28.4 Å². The molecule has 28 heavy (non-hydrogen) atoms. The molecule has 3 aromatic rings. The maximum absolute atomic E-state index is 14.2. The molecule has 7 nitrogen and oxygen atoms in total. The van der Waals surface area contributed by atoms with Crippen LogP contribution in [0, 0.1) is 24.4 Å². The standard InChI is InChI=1S/C18H19F3N6O/c1-9-7-10(3-4-12(9)19)24-17(27-28)11-8-13(20)14(21)16-15(11)25-18(26-16)23-6-5-22-2/h3-4,7-8,22,28H,5-6H2,1-2H3,(H,24,27)(H2,23,25,26). The first-order valence-corrected chi connectivity index (χ1v) is 8.46. The Hall–Kier alpha value is -3.11. The molecule has 0 radical (unpaired) electrons. The summed E-state index contributed by atoms with van der Waals surface area (Å²) in [6.07, 6.45) is 0. The number of nitrogens with one attached hydrogen (secondary N) is 4. The molecular weight excluding hydrogens is 373 g/mol. The molecule has 0 amide bonds. The van der Waals surface area contributed by atoms with Crippen molar-refractivity contribution < 1.29 is 18.4 Å². The van der Waals surface area contributed by atoms with Crippen LogP contribution in [-0.4, -0.2) is 41.1 Å². The van der Waals surface area contributed by atoms with Gasteiger partial charge in [-0.3, -0.25) is 10.7 Å². The van der Waals surface area contributed by atoms with Crippen molar-refractivity contribution in [2.45, 2.75) is 6.92 Å². The molecule has 0 bridgehead atoms. The highest BCUT2D eigenvalue weighted by Gasteiger charge is 2.20. The lowest BCUT2D eigenvalue weighted by Gasteiger charge is -2.08. The van der Waals surface area contributed by atoms with Gasteiger partial charge in [-0.15, -0.1) is 0 Å². The van der Waals surface area contributed by atoms with Gasteiger partial charge in [0.05, 0.1) is 11.2 Å². The number of aromatic nitrogens is 2. The van der Waals surface area contributed by atoms with Gasteiger partial charge in [0.25, 0.3) is 0 Å². The van der Waals surface area contributed by atoms with Crippen LogP contribution in [0.15, 0.2) is 29.3 Å². The van der Waals surface area contributed by atoms with Crippen LogP contribution in [0.3, 0.4) is 0 Å². The number of benzene rings is 2. The van der Waals surface area contributed by atoms with E-state index in [0.29, 0.717) is 24.3 Å². The number of imidazole rings is 1. The third kappa shape index (κ3) is 3.92. The van der Waals surface area contributed by atoms with Crippen molar-refractivity contribution >= 4 is 28.5 Å². The van der Waals surface area contributed by atoms with Crippen molar-refractivity contribution in [3.8, 4) is 0 Å². The summed E-state index contributed by atoms with van der Waals surface area (Å²) in [5.74, 6) is -2.58. The quantitative estimate of drug-likeness (QED) is 0.192. The molecule has 0 fully saturated rings. The lowest BCUT2D eigenvalue weighted by atomic mass is 10.1. The Kier molecular flexibility index (Phi) is 5.81. The average Bonchev–Trinajstić information content (AvgIpc) is 3.10. The molecule has 0 spiro atoms. The number of hydroxylamine groups is 1. The van der Waals surface area contributed by atoms with E-state index in [1.807, 2.05) is 5.48 Å². The maximum atomic E-state index is 14.2. The molecule has 5 N–H and O–H groups in total. The fourth-order valence-electron chi connectivity index (χ4n) is 2.65. The number of likely N-dealkylation sites (N-methyl/N-ethyl adjacent to an activating group) is 1. The third-order valence-electron chi connectivity index (χ3n) is 4.07. The van der Waals surface area contributed by atoms with Gasteiger partial charge in [-0.05, 0) is 43.8 Å². The molecule has 1 aromatic heterocycles. The number of aliphatic imine (C=N–C) groups is 1. The van der Waals surface area contributed by atoms with E-state index in [9.17, 15) is 18.4 Å². The van der Waals surface area contributed by atoms with Crippen molar-refractivity contribution in [1.29, 1.82) is 0 Å². The highest BCUT2D eigenvalue weighted by molar-refractivity contribution is 6.08. The topological polar surface area (TPSA) is 97.4 Å². The Bertz CT molecular complexity index is 1030. The number of nitrogens with zero attached hydrogens (tertiary/aromatic N) is 2. The van der Waals surface area contributed by atoms with Gasteiger partial charge in [0.1, 0.15) is 11.3 Å². The van der Waals surface area contributed by atoms with Crippen molar-refractivity contribution in [2.75, 3.05) is 25.5 Å². The summed E-state index contributed by atoms with van der Waals surface area (Å²) in [4.78, 5) is 11.1. The highest BCUT2D eigenvalue weighted by Crippen LogP contribution is 2.26. The molecule has 0 unspecified atom stereocenters. The fraction of sp³-hybridized carbons (Fsp3) is 0.222. The molecular formula is C18H19F3N6O. The van der Waals surface area contributed by atoms with Crippen LogP contribution < -0.4 is 16.1 Å². The highest BCUT2D eigenvalue weighted by atomic mass is 19.2. The van der Waals surface area contributed by atoms with E-state index in [4.69, 9.17) is 0 Å². The Morgan fingerprint density at radius 1 is 1.18 bits per heavy atom. The number of halogens is 3. The predicted molar refractivity (Wildman–Crippen MR) is 101 cm³/mol. The van der Waals surface area contributed by atoms with Crippen molar-refractivity contribution in [2.24, 2.45) is 4.99 Å². The second-order valence-electron chi connectivity index (χ2n) is 6.06. The first-order chi connectivity index (χ1) is 13.4. The van der Waals surface area contributed by atoms with Gasteiger partial charge >= 0.3 is 0 Å². The van der Waals surface area contributed by atoms with Crippen LogP contribution in [-0.2, 0) is 0 Å². The summed E-state index contributed by atoms with van der Waals surface area (Å²) in [6.45, 7) is 2.70. The first-order valence-electron chi connectivity index (χ1n) is 8.46. The molecule has 0 saturated carbocycles. The van der Waals surface area contributed by atoms with Crippen LogP contribution in [0.2, 0.25) is 0 Å². The number of aromatic amines is 1. The number of fused-ring (bicyclic) bond motifs is 1. The SMILES string of the molecule is CNCCNc1nc2c(F)c(F)cc(C(=Nc3ccc(F)c(C)c3)NO)c2[nH]1. The number of rotatable bonds is 6. The van der Waals surface area contributed by atoms with Crippen molar-refractivity contribution in [3.05, 3.63) is 52.8 Å². The lowest BCUT2D eigenvalue weighted by Crippen LogP contribution is -2.21. The Balaban J connectivity index is 2.09. The third-order valence-corrected chi connectivity index (χ3v) is 4.07. The molecule has 10 heteroatoms. The van der Waals surface area contributed by atoms with Crippen molar-refractivity contribution in [3.63, 3.8) is 0 Å². The van der Waals surface area contributed by atoms with Crippen molar-refractivity contribution in [1.82, 2.24) is 20.8 Å². The Morgan fingerprint density at radius 3 is 2.64 bits per heavy atom. The zero-order valence-corrected chi connectivity index (χ0v) is 15.2. The van der Waals surface area contributed by atoms with E-state index in [2.05, 4.69) is 25.6 Å². The summed E-state index contributed by atoms with van der Waals surface area (Å²) in [6, 6.07) is 4.98. The molecule has 0 atom stereocenters. The normalized spacial score (nSPS) is 11.9. The van der Waals surface area contributed by atoms with E-state index < -0.39 is 17.5 Å². The largest absolute Gasteiger partial charge is 0.355 e. The van der Waals surface area contributed by atoms with Crippen LogP contribution in [0.4, 0.5) is 24.8 Å². The minimum atomic E-state index is -1.14. The van der Waals surface area contributed by atoms with Gasteiger partial charge in [0.15, 0.2) is 17.5 Å². The van der Waals surface area contributed by atoms with Crippen LogP contribution in [0.1, 0.15) is 11.1 Å². The minimum absolute atomic E-state index is 0.0625. The molecule has 148 valence electrons. The van der Waals surface area contributed by atoms with Crippen LogP contribution in [0.25, 0.3) is 11.0 Å². The van der Waals surface area contributed by atoms with Gasteiger partial charge in [0, 0.05) is 18.7 Å². The predicted octanol–water partition coefficient (Wildman–Crippen LogP) is 2.98. The maximum Gasteiger partial charge on any atom is 0.201 e. The number of anilines is 1. The van der Waals surface area contributed by atoms with Gasteiger partial charge in [0.2, 0.25) is 5.95 Å². The molecule has 0 aliphatic heterocycles. The monoisotopic (exact) mass is 392 g/mol. The zero-order valence-electron chi connectivity index (χ0n) is 15.2. The zero-order chi connectivity index (χ0) is 20.3. The van der Waals surface area contributed by atoms with Gasteiger partial charge < -0.3 is 15.6 Å². The van der Waals surface area contributed by atoms with E-state index >= 15 is 0 Å². The second kappa shape index (κ2) is 8.28. The first kappa shape index (κ1) is 19.6. The smallest absolute Gasteiger partial charge is 0.201 e. The number of amidine groups is 1. The van der Waals surface area contributed by atoms with Gasteiger partial charge in [-0.2, -0.15) is 0 Å². The molecule has 0 saturated heterocycles. The average molecular weight is 392 g/mol.